The Balaban J connectivity index is 2.14. The number of nitrogens with one attached hydrogen (secondary N) is 1. The Morgan fingerprint density at radius 2 is 2.46 bits per heavy atom. The minimum Gasteiger partial charge on any atom is -0.345 e. The highest BCUT2D eigenvalue weighted by atomic mass is 79.9. The van der Waals surface area contributed by atoms with E-state index in [9.17, 15) is 0 Å². The zero-order valence-electron chi connectivity index (χ0n) is 7.89. The lowest BCUT2D eigenvalue weighted by molar-refractivity contribution is 0.461. The number of hydrogen-bond acceptors (Lipinski definition) is 1. The average molecular weight is 243 g/mol. The number of aromatic nitrogens is 1. The predicted octanol–water partition coefficient (Wildman–Crippen LogP) is 2.25. The third-order valence-corrected chi connectivity index (χ3v) is 3.52. The van der Waals surface area contributed by atoms with Crippen molar-refractivity contribution in [1.29, 1.82) is 0 Å². The van der Waals surface area contributed by atoms with Crippen LogP contribution in [0.4, 0.5) is 0 Å². The lowest BCUT2D eigenvalue weighted by Gasteiger charge is -2.21. The van der Waals surface area contributed by atoms with Crippen LogP contribution in [0.5, 0.6) is 0 Å². The van der Waals surface area contributed by atoms with Gasteiger partial charge in [-0.1, -0.05) is 0 Å². The fourth-order valence-electron chi connectivity index (χ4n) is 1.92. The van der Waals surface area contributed by atoms with Crippen molar-refractivity contribution < 1.29 is 0 Å². The number of nitrogens with zero attached hydrogens (tertiary/aromatic N) is 1. The molecule has 1 aromatic rings. The van der Waals surface area contributed by atoms with E-state index in [1.54, 1.807) is 0 Å². The molecule has 1 unspecified atom stereocenters. The van der Waals surface area contributed by atoms with Crippen molar-refractivity contribution in [3.8, 4) is 0 Å². The second-order valence-corrected chi connectivity index (χ2v) is 4.56. The largest absolute Gasteiger partial charge is 0.345 e. The summed E-state index contributed by atoms with van der Waals surface area (Å²) in [6.07, 6.45) is 4.85. The monoisotopic (exact) mass is 242 g/mol. The van der Waals surface area contributed by atoms with Crippen LogP contribution in [-0.4, -0.2) is 17.7 Å². The maximum absolute atomic E-state index is 3.53. The van der Waals surface area contributed by atoms with Gasteiger partial charge in [-0.05, 0) is 52.9 Å². The summed E-state index contributed by atoms with van der Waals surface area (Å²) in [6, 6.07) is 2.23. The first-order chi connectivity index (χ1) is 6.27. The van der Waals surface area contributed by atoms with Crippen molar-refractivity contribution in [2.75, 3.05) is 13.1 Å². The van der Waals surface area contributed by atoms with Crippen molar-refractivity contribution in [2.45, 2.75) is 18.8 Å². The van der Waals surface area contributed by atoms with Crippen LogP contribution >= 0.6 is 15.9 Å². The Hall–Kier alpha value is -0.280. The van der Waals surface area contributed by atoms with Gasteiger partial charge in [-0.3, -0.25) is 0 Å². The molecule has 0 spiro atoms. The number of aryl methyl sites for hydroxylation is 1. The number of rotatable bonds is 1. The lowest BCUT2D eigenvalue weighted by atomic mass is 9.94. The van der Waals surface area contributed by atoms with Gasteiger partial charge in [0.25, 0.3) is 0 Å². The van der Waals surface area contributed by atoms with Crippen molar-refractivity contribution in [3.63, 3.8) is 0 Å². The molecule has 1 aromatic heterocycles. The van der Waals surface area contributed by atoms with E-state index in [1.807, 2.05) is 0 Å². The highest BCUT2D eigenvalue weighted by Crippen LogP contribution is 2.26. The van der Waals surface area contributed by atoms with Crippen LogP contribution in [-0.2, 0) is 7.05 Å². The molecule has 0 radical (unpaired) electrons. The molecule has 1 atom stereocenters. The van der Waals surface area contributed by atoms with Crippen LogP contribution < -0.4 is 5.32 Å². The highest BCUT2D eigenvalue weighted by molar-refractivity contribution is 9.10. The zero-order valence-corrected chi connectivity index (χ0v) is 9.47. The SMILES string of the molecule is Cn1cc(C2CCCNC2)cc1Br. The van der Waals surface area contributed by atoms with Gasteiger partial charge in [-0.15, -0.1) is 0 Å². The van der Waals surface area contributed by atoms with Crippen molar-refractivity contribution >= 4 is 15.9 Å². The molecule has 2 nitrogen and oxygen atoms in total. The van der Waals surface area contributed by atoms with Gasteiger partial charge in [-0.25, -0.2) is 0 Å². The van der Waals surface area contributed by atoms with E-state index in [0.717, 1.165) is 6.54 Å². The van der Waals surface area contributed by atoms with Crippen molar-refractivity contribution in [2.24, 2.45) is 7.05 Å². The highest BCUT2D eigenvalue weighted by Gasteiger charge is 2.16. The van der Waals surface area contributed by atoms with Crippen molar-refractivity contribution in [1.82, 2.24) is 9.88 Å². The van der Waals surface area contributed by atoms with Gasteiger partial charge in [0.05, 0.1) is 4.60 Å². The van der Waals surface area contributed by atoms with E-state index < -0.39 is 0 Å². The molecule has 0 saturated carbocycles. The average Bonchev–Trinajstić information content (AvgIpc) is 2.49. The van der Waals surface area contributed by atoms with Gasteiger partial charge in [0.1, 0.15) is 0 Å². The molecule has 1 N–H and O–H groups in total. The molecular formula is C10H15BrN2. The van der Waals surface area contributed by atoms with Crippen LogP contribution in [0.3, 0.4) is 0 Å². The molecule has 0 aromatic carbocycles. The molecule has 2 heterocycles. The third-order valence-electron chi connectivity index (χ3n) is 2.73. The van der Waals surface area contributed by atoms with E-state index in [1.165, 1.54) is 29.6 Å². The number of piperidine rings is 1. The Morgan fingerprint density at radius 1 is 1.62 bits per heavy atom. The first-order valence-corrected chi connectivity index (χ1v) is 5.59. The molecule has 13 heavy (non-hydrogen) atoms. The maximum Gasteiger partial charge on any atom is 0.0846 e. The van der Waals surface area contributed by atoms with Crippen LogP contribution in [0.25, 0.3) is 0 Å². The van der Waals surface area contributed by atoms with Crippen molar-refractivity contribution in [3.05, 3.63) is 22.4 Å². The summed E-state index contributed by atoms with van der Waals surface area (Å²) in [5.74, 6) is 0.714. The summed E-state index contributed by atoms with van der Waals surface area (Å²) in [5.41, 5.74) is 1.46. The molecule has 2 rings (SSSR count). The maximum atomic E-state index is 3.53. The minimum absolute atomic E-state index is 0.714. The molecule has 1 saturated heterocycles. The second kappa shape index (κ2) is 3.84. The fourth-order valence-corrected chi connectivity index (χ4v) is 2.29. The van der Waals surface area contributed by atoms with Gasteiger partial charge in [0.15, 0.2) is 0 Å². The Bertz CT molecular complexity index is 268. The summed E-state index contributed by atoms with van der Waals surface area (Å²) < 4.78 is 3.30. The zero-order chi connectivity index (χ0) is 9.26. The molecular weight excluding hydrogens is 228 g/mol. The van der Waals surface area contributed by atoms with Crippen LogP contribution in [0.2, 0.25) is 0 Å². The van der Waals surface area contributed by atoms with E-state index >= 15 is 0 Å². The third kappa shape index (κ3) is 1.97. The smallest absolute Gasteiger partial charge is 0.0846 e. The Labute approximate surface area is 87.5 Å². The Morgan fingerprint density at radius 3 is 3.00 bits per heavy atom. The Kier molecular flexibility index (Phi) is 2.74. The van der Waals surface area contributed by atoms with E-state index in [2.05, 4.69) is 45.1 Å². The van der Waals surface area contributed by atoms with Gasteiger partial charge in [0.2, 0.25) is 0 Å². The van der Waals surface area contributed by atoms with E-state index in [4.69, 9.17) is 0 Å². The van der Waals surface area contributed by atoms with Gasteiger partial charge < -0.3 is 9.88 Å². The van der Waals surface area contributed by atoms with E-state index in [-0.39, 0.29) is 0 Å². The molecule has 3 heteroatoms. The van der Waals surface area contributed by atoms with Crippen LogP contribution in [0.1, 0.15) is 24.3 Å². The molecule has 0 amide bonds. The molecule has 1 aliphatic heterocycles. The van der Waals surface area contributed by atoms with Crippen LogP contribution in [0.15, 0.2) is 16.9 Å². The van der Waals surface area contributed by atoms with Gasteiger partial charge >= 0.3 is 0 Å². The fraction of sp³-hybridized carbons (Fsp3) is 0.600. The summed E-state index contributed by atoms with van der Waals surface area (Å²) in [6.45, 7) is 2.32. The summed E-state index contributed by atoms with van der Waals surface area (Å²) in [5, 5.41) is 3.44. The molecule has 1 aliphatic rings. The molecule has 0 aliphatic carbocycles. The van der Waals surface area contributed by atoms with Gasteiger partial charge in [-0.2, -0.15) is 0 Å². The number of halogens is 1. The lowest BCUT2D eigenvalue weighted by Crippen LogP contribution is -2.28. The van der Waals surface area contributed by atoms with Crippen LogP contribution in [0, 0.1) is 0 Å². The molecule has 0 bridgehead atoms. The second-order valence-electron chi connectivity index (χ2n) is 3.75. The van der Waals surface area contributed by atoms with E-state index in [0.29, 0.717) is 5.92 Å². The molecule has 72 valence electrons. The quantitative estimate of drug-likeness (QED) is 0.800. The predicted molar refractivity (Wildman–Crippen MR) is 58.0 cm³/mol. The molecule has 1 fully saturated rings. The topological polar surface area (TPSA) is 17.0 Å². The first-order valence-electron chi connectivity index (χ1n) is 4.80. The standard InChI is InChI=1S/C10H15BrN2/c1-13-7-9(5-10(13)11)8-3-2-4-12-6-8/h5,7-8,12H,2-4,6H2,1H3. The summed E-state index contributed by atoms with van der Waals surface area (Å²) in [7, 11) is 2.07. The normalized spacial score (nSPS) is 23.4. The number of hydrogen-bond donors (Lipinski definition) is 1. The summed E-state index contributed by atoms with van der Waals surface area (Å²) >= 11 is 3.53. The first kappa shape index (κ1) is 9.28. The van der Waals surface area contributed by atoms with Gasteiger partial charge in [0, 0.05) is 19.8 Å². The minimum atomic E-state index is 0.714. The summed E-state index contributed by atoms with van der Waals surface area (Å²) in [4.78, 5) is 0.